The van der Waals surface area contributed by atoms with E-state index in [1.807, 2.05) is 30.3 Å². The summed E-state index contributed by atoms with van der Waals surface area (Å²) in [4.78, 5) is 6.55. The number of rotatable bonds is 6. The molecular formula is C28H25BrClFN2O2. The van der Waals surface area contributed by atoms with Crippen molar-refractivity contribution in [3.63, 3.8) is 0 Å². The predicted octanol–water partition coefficient (Wildman–Crippen LogP) is 6.07. The molecule has 35 heavy (non-hydrogen) atoms. The summed E-state index contributed by atoms with van der Waals surface area (Å²) in [5.41, 5.74) is 1.85. The summed E-state index contributed by atoms with van der Waals surface area (Å²) < 4.78 is 21.4. The molecular weight excluding hydrogens is 531 g/mol. The van der Waals surface area contributed by atoms with Gasteiger partial charge in [0.2, 0.25) is 0 Å². The third kappa shape index (κ3) is 5.70. The second-order valence-corrected chi connectivity index (χ2v) is 10.4. The van der Waals surface area contributed by atoms with Gasteiger partial charge in [-0.3, -0.25) is 4.90 Å². The molecule has 1 atom stereocenters. The van der Waals surface area contributed by atoms with Gasteiger partial charge in [-0.2, -0.15) is 0 Å². The Morgan fingerprint density at radius 3 is 2.66 bits per heavy atom. The molecule has 1 aliphatic carbocycles. The van der Waals surface area contributed by atoms with Crippen molar-refractivity contribution in [2.75, 3.05) is 19.7 Å². The van der Waals surface area contributed by atoms with Gasteiger partial charge in [0.25, 0.3) is 0 Å². The fourth-order valence-electron chi connectivity index (χ4n) is 4.59. The molecule has 1 aromatic heterocycles. The van der Waals surface area contributed by atoms with Gasteiger partial charge in [0, 0.05) is 34.9 Å². The highest BCUT2D eigenvalue weighted by Crippen LogP contribution is 2.44. The maximum absolute atomic E-state index is 14.6. The lowest BCUT2D eigenvalue weighted by Gasteiger charge is -2.28. The van der Waals surface area contributed by atoms with E-state index in [1.54, 1.807) is 18.3 Å². The average molecular weight is 556 g/mol. The average Bonchev–Trinajstić information content (AvgIpc) is 3.41. The second-order valence-electron chi connectivity index (χ2n) is 9.10. The maximum atomic E-state index is 14.6. The highest BCUT2D eigenvalue weighted by molar-refractivity contribution is 9.10. The lowest BCUT2D eigenvalue weighted by atomic mass is 10.1. The van der Waals surface area contributed by atoms with Crippen LogP contribution in [0.25, 0.3) is 11.1 Å². The summed E-state index contributed by atoms with van der Waals surface area (Å²) in [6.45, 7) is 2.35. The van der Waals surface area contributed by atoms with E-state index < -0.39 is 11.4 Å². The lowest BCUT2D eigenvalue weighted by Crippen LogP contribution is -2.42. The van der Waals surface area contributed by atoms with Gasteiger partial charge in [-0.05, 0) is 96.0 Å². The fourth-order valence-corrected chi connectivity index (χ4v) is 5.21. The Morgan fingerprint density at radius 1 is 1.14 bits per heavy atom. The van der Waals surface area contributed by atoms with Crippen molar-refractivity contribution in [2.45, 2.75) is 37.3 Å². The van der Waals surface area contributed by atoms with Crippen LogP contribution in [-0.4, -0.2) is 46.3 Å². The first-order valence-electron chi connectivity index (χ1n) is 11.7. The second kappa shape index (κ2) is 10.3. The molecule has 180 valence electrons. The summed E-state index contributed by atoms with van der Waals surface area (Å²) in [7, 11) is 0. The van der Waals surface area contributed by atoms with Crippen LogP contribution in [-0.2, 0) is 0 Å². The zero-order valence-corrected chi connectivity index (χ0v) is 21.4. The number of benzene rings is 2. The van der Waals surface area contributed by atoms with E-state index in [1.165, 1.54) is 6.07 Å². The lowest BCUT2D eigenvalue weighted by molar-refractivity contribution is 0.0458. The highest BCUT2D eigenvalue weighted by atomic mass is 79.9. The molecule has 1 unspecified atom stereocenters. The van der Waals surface area contributed by atoms with E-state index in [0.717, 1.165) is 60.1 Å². The third-order valence-electron chi connectivity index (χ3n) is 6.66. The number of hydrogen-bond acceptors (Lipinski definition) is 4. The van der Waals surface area contributed by atoms with Gasteiger partial charge in [0.05, 0.1) is 10.1 Å². The molecule has 5 rings (SSSR count). The smallest absolute Gasteiger partial charge is 0.158 e. The Bertz CT molecular complexity index is 1280. The SMILES string of the molecule is OC1(C2CCCN2CCOc2ccc(C#Cc3ncc(-c4ccc(Cl)cc4)cc3F)cc2Br)CC1. The van der Waals surface area contributed by atoms with Crippen LogP contribution >= 0.6 is 27.5 Å². The van der Waals surface area contributed by atoms with Gasteiger partial charge < -0.3 is 9.84 Å². The van der Waals surface area contributed by atoms with Crippen molar-refractivity contribution >= 4 is 27.5 Å². The Balaban J connectivity index is 1.20. The number of aromatic nitrogens is 1. The van der Waals surface area contributed by atoms with Gasteiger partial charge in [0.1, 0.15) is 18.1 Å². The molecule has 0 bridgehead atoms. The first kappa shape index (κ1) is 24.3. The number of pyridine rings is 1. The Hall–Kier alpha value is -2.43. The van der Waals surface area contributed by atoms with Crippen molar-refractivity contribution in [2.24, 2.45) is 0 Å². The van der Waals surface area contributed by atoms with Crippen molar-refractivity contribution in [3.8, 4) is 28.7 Å². The van der Waals surface area contributed by atoms with E-state index >= 15 is 0 Å². The number of halogens is 3. The van der Waals surface area contributed by atoms with Crippen molar-refractivity contribution in [1.82, 2.24) is 9.88 Å². The van der Waals surface area contributed by atoms with E-state index in [2.05, 4.69) is 37.7 Å². The molecule has 0 amide bonds. The number of ether oxygens (including phenoxy) is 1. The molecule has 1 aliphatic heterocycles. The van der Waals surface area contributed by atoms with Gasteiger partial charge in [-0.1, -0.05) is 29.7 Å². The molecule has 7 heteroatoms. The summed E-state index contributed by atoms with van der Waals surface area (Å²) in [5.74, 6) is 6.05. The maximum Gasteiger partial charge on any atom is 0.158 e. The first-order chi connectivity index (χ1) is 16.9. The molecule has 1 N–H and O–H groups in total. The van der Waals surface area contributed by atoms with Crippen LogP contribution in [0.3, 0.4) is 0 Å². The van der Waals surface area contributed by atoms with Gasteiger partial charge in [-0.25, -0.2) is 9.37 Å². The summed E-state index contributed by atoms with van der Waals surface area (Å²) in [6, 6.07) is 14.4. The van der Waals surface area contributed by atoms with Gasteiger partial charge in [0.15, 0.2) is 5.82 Å². The van der Waals surface area contributed by atoms with Gasteiger partial charge >= 0.3 is 0 Å². The molecule has 4 nitrogen and oxygen atoms in total. The van der Waals surface area contributed by atoms with Crippen molar-refractivity contribution < 1.29 is 14.2 Å². The minimum atomic E-state index is -0.472. The van der Waals surface area contributed by atoms with Crippen LogP contribution in [0.4, 0.5) is 4.39 Å². The Labute approximate surface area is 218 Å². The van der Waals surface area contributed by atoms with Crippen LogP contribution in [0.1, 0.15) is 36.9 Å². The van der Waals surface area contributed by atoms with Gasteiger partial charge in [-0.15, -0.1) is 0 Å². The van der Waals surface area contributed by atoms with Crippen LogP contribution in [0.5, 0.6) is 5.75 Å². The molecule has 0 spiro atoms. The molecule has 2 aliphatic rings. The first-order valence-corrected chi connectivity index (χ1v) is 12.9. The van der Waals surface area contributed by atoms with Crippen LogP contribution in [0.15, 0.2) is 59.2 Å². The zero-order chi connectivity index (χ0) is 24.4. The fraction of sp³-hybridized carbons (Fsp3) is 0.321. The number of nitrogens with zero attached hydrogens (tertiary/aromatic N) is 2. The largest absolute Gasteiger partial charge is 0.491 e. The third-order valence-corrected chi connectivity index (χ3v) is 7.53. The number of hydrogen-bond donors (Lipinski definition) is 1. The minimum absolute atomic E-state index is 0.0941. The van der Waals surface area contributed by atoms with E-state index in [-0.39, 0.29) is 11.7 Å². The Morgan fingerprint density at radius 2 is 1.94 bits per heavy atom. The molecule has 3 aromatic rings. The molecule has 1 saturated heterocycles. The number of aliphatic hydroxyl groups is 1. The normalized spacial score (nSPS) is 18.7. The van der Waals surface area contributed by atoms with E-state index in [4.69, 9.17) is 16.3 Å². The van der Waals surface area contributed by atoms with Crippen molar-refractivity contribution in [3.05, 3.63) is 81.3 Å². The quantitative estimate of drug-likeness (QED) is 0.375. The topological polar surface area (TPSA) is 45.6 Å². The molecule has 2 heterocycles. The van der Waals surface area contributed by atoms with E-state index in [9.17, 15) is 9.50 Å². The Kier molecular flexibility index (Phi) is 7.13. The van der Waals surface area contributed by atoms with Crippen LogP contribution in [0, 0.1) is 17.7 Å². The van der Waals surface area contributed by atoms with Crippen LogP contribution in [0.2, 0.25) is 5.02 Å². The monoisotopic (exact) mass is 554 g/mol. The molecule has 0 radical (unpaired) electrons. The van der Waals surface area contributed by atoms with Crippen molar-refractivity contribution in [1.29, 1.82) is 0 Å². The van der Waals surface area contributed by atoms with E-state index in [0.29, 0.717) is 17.2 Å². The molecule has 2 aromatic carbocycles. The highest BCUT2D eigenvalue weighted by Gasteiger charge is 2.51. The minimum Gasteiger partial charge on any atom is -0.491 e. The zero-order valence-electron chi connectivity index (χ0n) is 19.1. The predicted molar refractivity (Wildman–Crippen MR) is 139 cm³/mol. The number of likely N-dealkylation sites (tertiary alicyclic amines) is 1. The molecule has 1 saturated carbocycles. The summed E-state index contributed by atoms with van der Waals surface area (Å²) in [6.07, 6.45) is 5.62. The standard InChI is InChI=1S/C28H25BrClFN2O2/c29-23-16-19(3-9-25-24(31)17-21(18-32-25)20-5-7-22(30)8-6-20)4-10-26(23)35-15-14-33-13-1-2-27(33)28(34)11-12-28/h4-8,10,16-18,27,34H,1-2,11-15H2. The summed E-state index contributed by atoms with van der Waals surface area (Å²) >= 11 is 9.47. The molecule has 2 fully saturated rings. The van der Waals surface area contributed by atoms with Crippen LogP contribution < -0.4 is 4.74 Å². The summed E-state index contributed by atoms with van der Waals surface area (Å²) in [5, 5.41) is 11.1.